The van der Waals surface area contributed by atoms with E-state index in [0.29, 0.717) is 0 Å². The minimum Gasteiger partial charge on any atom is -0.346 e. The van der Waals surface area contributed by atoms with E-state index in [-0.39, 0.29) is 6.15 Å². The molecule has 1 unspecified atom stereocenters. The molecule has 52 valence electrons. The van der Waals surface area contributed by atoms with Gasteiger partial charge in [0, 0.05) is 5.16 Å². The van der Waals surface area contributed by atoms with Gasteiger partial charge < -0.3 is 11.0 Å². The second-order valence-corrected chi connectivity index (χ2v) is 4.67. The van der Waals surface area contributed by atoms with Crippen molar-refractivity contribution in [3.8, 4) is 0 Å². The summed E-state index contributed by atoms with van der Waals surface area (Å²) >= 11 is 0. The zero-order chi connectivity index (χ0) is 6.08. The van der Waals surface area contributed by atoms with Gasteiger partial charge in [0.1, 0.15) is 0 Å². The Morgan fingerprint density at radius 1 is 1.38 bits per heavy atom. The molecule has 0 aliphatic carbocycles. The standard InChI is InChI=1S/C4H11O2P.H3N/c1-4(2,3)7(5)6;/h7H,1-3H3,(H,5,6);1H3. The van der Waals surface area contributed by atoms with Gasteiger partial charge >= 0.3 is 0 Å². The molecule has 0 fully saturated rings. The van der Waals surface area contributed by atoms with Crippen molar-refractivity contribution in [2.24, 2.45) is 0 Å². The molecule has 3 nitrogen and oxygen atoms in total. The van der Waals surface area contributed by atoms with Gasteiger partial charge in [0.2, 0.25) is 0 Å². The molecule has 0 aromatic heterocycles. The Kier molecular flexibility index (Phi) is 4.45. The van der Waals surface area contributed by atoms with Gasteiger partial charge in [-0.05, 0) is 0 Å². The largest absolute Gasteiger partial charge is 0.346 e. The molecule has 0 aromatic rings. The predicted molar refractivity (Wildman–Crippen MR) is 36.0 cm³/mol. The van der Waals surface area contributed by atoms with Crippen molar-refractivity contribution >= 4 is 8.03 Å². The number of hydrogen-bond donors (Lipinski definition) is 2. The average Bonchev–Trinajstić information content (AvgIpc) is 1.31. The van der Waals surface area contributed by atoms with Gasteiger partial charge in [0.15, 0.2) is 8.03 Å². The minimum absolute atomic E-state index is 0. The Hall–Kier alpha value is 0.150. The molecule has 0 rings (SSSR count). The predicted octanol–water partition coefficient (Wildman–Crippen LogP) is 1.41. The van der Waals surface area contributed by atoms with E-state index in [1.54, 1.807) is 20.8 Å². The Labute approximate surface area is 50.6 Å². The fourth-order valence-electron chi connectivity index (χ4n) is 0. The van der Waals surface area contributed by atoms with Crippen LogP contribution in [0.2, 0.25) is 0 Å². The van der Waals surface area contributed by atoms with E-state index >= 15 is 0 Å². The summed E-state index contributed by atoms with van der Waals surface area (Å²) in [6.07, 6.45) is 0. The molecule has 0 aromatic carbocycles. The Morgan fingerprint density at radius 2 is 1.50 bits per heavy atom. The van der Waals surface area contributed by atoms with E-state index in [9.17, 15) is 4.57 Å². The Bertz CT molecular complexity index is 86.5. The SMILES string of the molecule is CC(C)(C)[PH](=O)O.N. The fourth-order valence-corrected chi connectivity index (χ4v) is 0. The van der Waals surface area contributed by atoms with Crippen LogP contribution in [0.3, 0.4) is 0 Å². The van der Waals surface area contributed by atoms with Crippen LogP contribution in [-0.2, 0) is 4.57 Å². The minimum atomic E-state index is -2.30. The third-order valence-electron chi connectivity index (χ3n) is 0.642. The molecular weight excluding hydrogens is 125 g/mol. The van der Waals surface area contributed by atoms with Crippen LogP contribution < -0.4 is 6.15 Å². The first-order valence-corrected chi connectivity index (χ1v) is 3.53. The lowest BCUT2D eigenvalue weighted by Crippen LogP contribution is -2.05. The second-order valence-electron chi connectivity index (χ2n) is 2.56. The molecule has 0 saturated heterocycles. The third kappa shape index (κ3) is 4.31. The lowest BCUT2D eigenvalue weighted by Gasteiger charge is -2.11. The first-order chi connectivity index (χ1) is 2.94. The summed E-state index contributed by atoms with van der Waals surface area (Å²) in [5.74, 6) is 0. The highest BCUT2D eigenvalue weighted by molar-refractivity contribution is 7.39. The zero-order valence-corrected chi connectivity index (χ0v) is 6.56. The third-order valence-corrected chi connectivity index (χ3v) is 1.92. The van der Waals surface area contributed by atoms with Gasteiger partial charge in [0.05, 0.1) is 0 Å². The van der Waals surface area contributed by atoms with Crippen LogP contribution in [0.5, 0.6) is 0 Å². The monoisotopic (exact) mass is 139 g/mol. The highest BCUT2D eigenvalue weighted by Gasteiger charge is 2.15. The highest BCUT2D eigenvalue weighted by atomic mass is 31.1. The van der Waals surface area contributed by atoms with Gasteiger partial charge in [-0.2, -0.15) is 0 Å². The molecule has 0 heterocycles. The van der Waals surface area contributed by atoms with Crippen LogP contribution in [-0.4, -0.2) is 10.0 Å². The van der Waals surface area contributed by atoms with Crippen molar-refractivity contribution in [2.75, 3.05) is 0 Å². The molecular formula is C4H14NO2P. The average molecular weight is 139 g/mol. The molecule has 8 heavy (non-hydrogen) atoms. The van der Waals surface area contributed by atoms with Crippen molar-refractivity contribution in [1.82, 2.24) is 6.15 Å². The summed E-state index contributed by atoms with van der Waals surface area (Å²) in [5, 5.41) is -0.398. The fraction of sp³-hybridized carbons (Fsp3) is 1.00. The maximum Gasteiger partial charge on any atom is 0.194 e. The van der Waals surface area contributed by atoms with Crippen LogP contribution in [0.25, 0.3) is 0 Å². The first-order valence-electron chi connectivity index (χ1n) is 2.18. The normalized spacial score (nSPS) is 14.5. The number of hydrogen-bond acceptors (Lipinski definition) is 2. The van der Waals surface area contributed by atoms with Gasteiger partial charge in [0.25, 0.3) is 0 Å². The lowest BCUT2D eigenvalue weighted by molar-refractivity contribution is 0.473. The van der Waals surface area contributed by atoms with Crippen LogP contribution >= 0.6 is 8.03 Å². The molecule has 0 saturated carbocycles. The molecule has 0 spiro atoms. The Balaban J connectivity index is 0. The van der Waals surface area contributed by atoms with Gasteiger partial charge in [-0.3, -0.25) is 4.57 Å². The van der Waals surface area contributed by atoms with Crippen molar-refractivity contribution in [3.05, 3.63) is 0 Å². The molecule has 0 radical (unpaired) electrons. The Morgan fingerprint density at radius 3 is 1.50 bits per heavy atom. The summed E-state index contributed by atoms with van der Waals surface area (Å²) in [4.78, 5) is 8.44. The molecule has 4 N–H and O–H groups in total. The maximum atomic E-state index is 10.2. The summed E-state index contributed by atoms with van der Waals surface area (Å²) in [6, 6.07) is 0. The topological polar surface area (TPSA) is 72.3 Å². The summed E-state index contributed by atoms with van der Waals surface area (Å²) in [5.41, 5.74) is 0. The quantitative estimate of drug-likeness (QED) is 0.498. The van der Waals surface area contributed by atoms with Gasteiger partial charge in [-0.15, -0.1) is 0 Å². The van der Waals surface area contributed by atoms with E-state index in [1.807, 2.05) is 0 Å². The van der Waals surface area contributed by atoms with Crippen LogP contribution in [0.1, 0.15) is 20.8 Å². The lowest BCUT2D eigenvalue weighted by atomic mass is 10.3. The first kappa shape index (κ1) is 11.0. The molecule has 4 heteroatoms. The van der Waals surface area contributed by atoms with Crippen LogP contribution in [0, 0.1) is 0 Å². The van der Waals surface area contributed by atoms with Crippen LogP contribution in [0.4, 0.5) is 0 Å². The van der Waals surface area contributed by atoms with Crippen molar-refractivity contribution in [3.63, 3.8) is 0 Å². The second kappa shape index (κ2) is 3.23. The van der Waals surface area contributed by atoms with Crippen molar-refractivity contribution in [1.29, 1.82) is 0 Å². The van der Waals surface area contributed by atoms with E-state index < -0.39 is 13.2 Å². The molecule has 0 amide bonds. The van der Waals surface area contributed by atoms with Gasteiger partial charge in [-0.1, -0.05) is 20.8 Å². The molecule has 0 bridgehead atoms. The van der Waals surface area contributed by atoms with Gasteiger partial charge in [-0.25, -0.2) is 0 Å². The summed E-state index contributed by atoms with van der Waals surface area (Å²) < 4.78 is 10.2. The van der Waals surface area contributed by atoms with E-state index in [0.717, 1.165) is 0 Å². The number of rotatable bonds is 0. The van der Waals surface area contributed by atoms with Crippen molar-refractivity contribution < 1.29 is 9.46 Å². The van der Waals surface area contributed by atoms with E-state index in [4.69, 9.17) is 4.89 Å². The van der Waals surface area contributed by atoms with E-state index in [2.05, 4.69) is 0 Å². The summed E-state index contributed by atoms with van der Waals surface area (Å²) in [6.45, 7) is 5.23. The highest BCUT2D eigenvalue weighted by Crippen LogP contribution is 2.32. The molecule has 0 aliphatic rings. The summed E-state index contributed by atoms with van der Waals surface area (Å²) in [7, 11) is -2.30. The maximum absolute atomic E-state index is 10.2. The smallest absolute Gasteiger partial charge is 0.194 e. The van der Waals surface area contributed by atoms with Crippen molar-refractivity contribution in [2.45, 2.75) is 25.9 Å². The van der Waals surface area contributed by atoms with Crippen LogP contribution in [0.15, 0.2) is 0 Å². The zero-order valence-electron chi connectivity index (χ0n) is 5.56. The molecule has 0 aliphatic heterocycles. The van der Waals surface area contributed by atoms with E-state index in [1.165, 1.54) is 0 Å². The molecule has 1 atom stereocenters.